The van der Waals surface area contributed by atoms with Crippen molar-refractivity contribution in [2.24, 2.45) is 0 Å². The number of allylic oxidation sites excluding steroid dienone is 1. The van der Waals surface area contributed by atoms with Gasteiger partial charge in [-0.25, -0.2) is 9.07 Å². The van der Waals surface area contributed by atoms with E-state index < -0.39 is 6.04 Å². The third-order valence-corrected chi connectivity index (χ3v) is 7.19. The van der Waals surface area contributed by atoms with E-state index in [-0.39, 0.29) is 11.7 Å². The number of aromatic nitrogens is 3. The largest absolute Gasteiger partial charge is 0.328 e. The van der Waals surface area contributed by atoms with Gasteiger partial charge in [0.1, 0.15) is 11.9 Å². The van der Waals surface area contributed by atoms with Gasteiger partial charge in [0, 0.05) is 27.2 Å². The standard InChI is InChI=1S/C26H20Cl2FN5OS/c1-15-22(24(35)31-20-12-8-18(27)9-13-20)23(16-6-10-19(29)11-7-16)34-25(30-15)32-26(33-34)36-14-17-4-2-3-5-21(17)28/h2-13,23H,14H2,1H3,(H,31,35)(H,30,32,33)/t23-/m1/s1. The summed E-state index contributed by atoms with van der Waals surface area (Å²) in [5, 5.41) is 12.6. The zero-order valence-corrected chi connectivity index (χ0v) is 21.3. The smallest absolute Gasteiger partial charge is 0.255 e. The first-order valence-corrected chi connectivity index (χ1v) is 12.8. The van der Waals surface area contributed by atoms with Crippen molar-refractivity contribution in [3.8, 4) is 0 Å². The molecule has 1 atom stereocenters. The van der Waals surface area contributed by atoms with Crippen molar-refractivity contribution in [3.05, 3.63) is 111 Å². The number of fused-ring (bicyclic) bond motifs is 1. The van der Waals surface area contributed by atoms with Crippen molar-refractivity contribution in [2.75, 3.05) is 10.6 Å². The van der Waals surface area contributed by atoms with Crippen LogP contribution in [0.4, 0.5) is 16.0 Å². The molecule has 5 rings (SSSR count). The van der Waals surface area contributed by atoms with Crippen molar-refractivity contribution in [1.29, 1.82) is 0 Å². The van der Waals surface area contributed by atoms with Gasteiger partial charge in [-0.2, -0.15) is 4.98 Å². The maximum atomic E-state index is 13.7. The van der Waals surface area contributed by atoms with Crippen LogP contribution in [0.5, 0.6) is 0 Å². The molecule has 0 aliphatic carbocycles. The highest BCUT2D eigenvalue weighted by Crippen LogP contribution is 2.37. The number of nitrogens with zero attached hydrogens (tertiary/aromatic N) is 3. The molecule has 2 heterocycles. The molecule has 0 spiro atoms. The topological polar surface area (TPSA) is 71.8 Å². The average molecular weight is 540 g/mol. The highest BCUT2D eigenvalue weighted by atomic mass is 35.5. The number of carbonyl (C=O) groups excluding carboxylic acids is 1. The zero-order chi connectivity index (χ0) is 25.2. The summed E-state index contributed by atoms with van der Waals surface area (Å²) in [5.74, 6) is 0.394. The fourth-order valence-electron chi connectivity index (χ4n) is 3.93. The van der Waals surface area contributed by atoms with Gasteiger partial charge in [0.15, 0.2) is 0 Å². The van der Waals surface area contributed by atoms with Crippen LogP contribution in [0.1, 0.15) is 24.1 Å². The molecule has 36 heavy (non-hydrogen) atoms. The maximum absolute atomic E-state index is 13.7. The summed E-state index contributed by atoms with van der Waals surface area (Å²) < 4.78 is 15.4. The van der Waals surface area contributed by atoms with Crippen molar-refractivity contribution >= 4 is 52.5 Å². The number of carbonyl (C=O) groups is 1. The van der Waals surface area contributed by atoms with E-state index in [4.69, 9.17) is 28.3 Å². The Hall–Kier alpha value is -3.33. The van der Waals surface area contributed by atoms with Gasteiger partial charge < -0.3 is 10.6 Å². The minimum absolute atomic E-state index is 0.317. The Morgan fingerprint density at radius 1 is 1.08 bits per heavy atom. The normalized spacial score (nSPS) is 14.8. The maximum Gasteiger partial charge on any atom is 0.255 e. The first kappa shape index (κ1) is 24.4. The van der Waals surface area contributed by atoms with Crippen LogP contribution in [0.15, 0.2) is 89.2 Å². The molecule has 0 saturated heterocycles. The molecule has 0 fully saturated rings. The van der Waals surface area contributed by atoms with E-state index in [1.54, 1.807) is 41.1 Å². The van der Waals surface area contributed by atoms with Crippen LogP contribution < -0.4 is 10.6 Å². The molecular weight excluding hydrogens is 520 g/mol. The van der Waals surface area contributed by atoms with E-state index in [1.165, 1.54) is 23.9 Å². The number of hydrogen-bond donors (Lipinski definition) is 2. The minimum atomic E-state index is -0.615. The van der Waals surface area contributed by atoms with E-state index in [0.717, 1.165) is 5.56 Å². The molecule has 10 heteroatoms. The Morgan fingerprint density at radius 2 is 1.81 bits per heavy atom. The van der Waals surface area contributed by atoms with Crippen molar-refractivity contribution in [3.63, 3.8) is 0 Å². The van der Waals surface area contributed by atoms with Crippen LogP contribution in [-0.4, -0.2) is 20.7 Å². The summed E-state index contributed by atoms with van der Waals surface area (Å²) in [6.45, 7) is 1.81. The summed E-state index contributed by atoms with van der Waals surface area (Å²) in [5.41, 5.74) is 3.34. The summed E-state index contributed by atoms with van der Waals surface area (Å²) in [4.78, 5) is 18.1. The molecule has 4 aromatic rings. The molecule has 1 aliphatic heterocycles. The number of rotatable bonds is 6. The van der Waals surface area contributed by atoms with E-state index in [1.807, 2.05) is 31.2 Å². The SMILES string of the molecule is CC1=C(C(=O)Nc2ccc(Cl)cc2)[C@@H](c2ccc(F)cc2)n2nc(SCc3ccccc3Cl)nc2N1. The Bertz CT molecular complexity index is 1450. The number of hydrogen-bond acceptors (Lipinski definition) is 5. The number of amides is 1. The van der Waals surface area contributed by atoms with Gasteiger partial charge in [0.2, 0.25) is 11.1 Å². The van der Waals surface area contributed by atoms with Gasteiger partial charge in [-0.3, -0.25) is 4.79 Å². The predicted octanol–water partition coefficient (Wildman–Crippen LogP) is 6.94. The fourth-order valence-corrected chi connectivity index (χ4v) is 5.17. The molecular formula is C26H20Cl2FN5OS. The molecule has 6 nitrogen and oxygen atoms in total. The van der Waals surface area contributed by atoms with Gasteiger partial charge in [-0.05, 0) is 60.5 Å². The van der Waals surface area contributed by atoms with Gasteiger partial charge >= 0.3 is 0 Å². The number of benzene rings is 3. The minimum Gasteiger partial charge on any atom is -0.328 e. The Labute approximate surface area is 221 Å². The monoisotopic (exact) mass is 539 g/mol. The second-order valence-corrected chi connectivity index (χ2v) is 9.91. The number of halogens is 3. The van der Waals surface area contributed by atoms with E-state index in [2.05, 4.69) is 15.6 Å². The van der Waals surface area contributed by atoms with Crippen molar-refractivity contribution < 1.29 is 9.18 Å². The molecule has 0 unspecified atom stereocenters. The quantitative estimate of drug-likeness (QED) is 0.259. The lowest BCUT2D eigenvalue weighted by atomic mass is 9.95. The summed E-state index contributed by atoms with van der Waals surface area (Å²) >= 11 is 13.7. The highest BCUT2D eigenvalue weighted by molar-refractivity contribution is 7.98. The Morgan fingerprint density at radius 3 is 2.53 bits per heavy atom. The Balaban J connectivity index is 1.48. The zero-order valence-electron chi connectivity index (χ0n) is 19.0. The second kappa shape index (κ2) is 10.3. The lowest BCUT2D eigenvalue weighted by Crippen LogP contribution is -2.31. The molecule has 1 aromatic heterocycles. The third-order valence-electron chi connectivity index (χ3n) is 5.68. The number of nitrogens with one attached hydrogen (secondary N) is 2. The molecule has 182 valence electrons. The van der Waals surface area contributed by atoms with Gasteiger partial charge in [-0.15, -0.1) is 5.10 Å². The molecule has 3 aromatic carbocycles. The van der Waals surface area contributed by atoms with Gasteiger partial charge in [-0.1, -0.05) is 65.3 Å². The fraction of sp³-hybridized carbons (Fsp3) is 0.115. The second-order valence-electron chi connectivity index (χ2n) is 8.12. The highest BCUT2D eigenvalue weighted by Gasteiger charge is 2.34. The molecule has 0 bridgehead atoms. The molecule has 0 saturated carbocycles. The van der Waals surface area contributed by atoms with E-state index in [9.17, 15) is 9.18 Å². The van der Waals surface area contributed by atoms with Gasteiger partial charge in [0.25, 0.3) is 5.91 Å². The lowest BCUT2D eigenvalue weighted by molar-refractivity contribution is -0.113. The van der Waals surface area contributed by atoms with Crippen LogP contribution in [0, 0.1) is 5.82 Å². The van der Waals surface area contributed by atoms with Crippen molar-refractivity contribution in [1.82, 2.24) is 14.8 Å². The van der Waals surface area contributed by atoms with Crippen LogP contribution in [0.3, 0.4) is 0 Å². The molecule has 0 radical (unpaired) electrons. The van der Waals surface area contributed by atoms with Crippen LogP contribution in [0.25, 0.3) is 0 Å². The number of thioether (sulfide) groups is 1. The van der Waals surface area contributed by atoms with Crippen LogP contribution in [0.2, 0.25) is 10.0 Å². The first-order chi connectivity index (χ1) is 17.4. The Kier molecular flexibility index (Phi) is 7.00. The van der Waals surface area contributed by atoms with Crippen LogP contribution >= 0.6 is 35.0 Å². The predicted molar refractivity (Wildman–Crippen MR) is 142 cm³/mol. The third kappa shape index (κ3) is 5.11. The molecule has 1 amide bonds. The first-order valence-electron chi connectivity index (χ1n) is 11.0. The average Bonchev–Trinajstić information content (AvgIpc) is 3.27. The summed E-state index contributed by atoms with van der Waals surface area (Å²) in [6.07, 6.45) is 0. The summed E-state index contributed by atoms with van der Waals surface area (Å²) in [7, 11) is 0. The van der Waals surface area contributed by atoms with Crippen LogP contribution in [-0.2, 0) is 10.5 Å². The van der Waals surface area contributed by atoms with Crippen molar-refractivity contribution in [2.45, 2.75) is 23.9 Å². The van der Waals surface area contributed by atoms with Gasteiger partial charge in [0.05, 0.1) is 5.57 Å². The lowest BCUT2D eigenvalue weighted by Gasteiger charge is -2.28. The number of anilines is 2. The molecule has 2 N–H and O–H groups in total. The van der Waals surface area contributed by atoms with E-state index in [0.29, 0.717) is 49.4 Å². The summed E-state index contributed by atoms with van der Waals surface area (Å²) in [6, 6.07) is 19.9. The van der Waals surface area contributed by atoms with E-state index >= 15 is 0 Å². The molecule has 1 aliphatic rings.